The Morgan fingerprint density at radius 1 is 1.03 bits per heavy atom. The predicted molar refractivity (Wildman–Crippen MR) is 135 cm³/mol. The van der Waals surface area contributed by atoms with Crippen LogP contribution in [0.1, 0.15) is 70.1 Å². The van der Waals surface area contributed by atoms with Gasteiger partial charge in [-0.2, -0.15) is 13.2 Å². The Labute approximate surface area is 217 Å². The summed E-state index contributed by atoms with van der Waals surface area (Å²) in [5, 5.41) is 2.63. The van der Waals surface area contributed by atoms with E-state index < -0.39 is 23.6 Å². The molecule has 0 aliphatic rings. The Kier molecular flexibility index (Phi) is 10.5. The number of carbonyl (C=O) groups is 1. The van der Waals surface area contributed by atoms with E-state index in [1.807, 2.05) is 13.8 Å². The van der Waals surface area contributed by atoms with Gasteiger partial charge >= 0.3 is 12.3 Å². The fraction of sp³-hybridized carbons (Fsp3) is 0.593. The maximum Gasteiger partial charge on any atom is 0.433 e. The highest BCUT2D eigenvalue weighted by Gasteiger charge is 2.33. The van der Waals surface area contributed by atoms with Gasteiger partial charge in [0.2, 0.25) is 0 Å². The van der Waals surface area contributed by atoms with Gasteiger partial charge in [0.15, 0.2) is 0 Å². The molecule has 2 heterocycles. The molecule has 0 saturated heterocycles. The van der Waals surface area contributed by atoms with Crippen LogP contribution >= 0.6 is 0 Å². The number of rotatable bonds is 11. The molecule has 0 aromatic carbocycles. The molecule has 0 radical (unpaired) electrons. The third-order valence-corrected chi connectivity index (χ3v) is 5.44. The van der Waals surface area contributed by atoms with E-state index in [1.165, 1.54) is 6.20 Å². The van der Waals surface area contributed by atoms with Gasteiger partial charge in [0.05, 0.1) is 17.8 Å². The number of amides is 1. The summed E-state index contributed by atoms with van der Waals surface area (Å²) in [7, 11) is 1.62. The van der Waals surface area contributed by atoms with Gasteiger partial charge in [0, 0.05) is 37.8 Å². The molecule has 0 bridgehead atoms. The first-order valence-electron chi connectivity index (χ1n) is 12.2. The highest BCUT2D eigenvalue weighted by Crippen LogP contribution is 2.33. The molecule has 2 aromatic rings. The zero-order chi connectivity index (χ0) is 27.9. The molecule has 10 heteroatoms. The number of alkyl carbamates (subject to hydrolysis) is 1. The van der Waals surface area contributed by atoms with Gasteiger partial charge in [0.1, 0.15) is 11.3 Å². The Morgan fingerprint density at radius 2 is 1.73 bits per heavy atom. The van der Waals surface area contributed by atoms with Crippen molar-refractivity contribution in [3.63, 3.8) is 0 Å². The van der Waals surface area contributed by atoms with E-state index in [-0.39, 0.29) is 12.1 Å². The zero-order valence-corrected chi connectivity index (χ0v) is 22.7. The van der Waals surface area contributed by atoms with Crippen LogP contribution in [-0.2, 0) is 33.4 Å². The van der Waals surface area contributed by atoms with Crippen LogP contribution in [0, 0.1) is 6.92 Å². The number of alkyl halides is 3. The van der Waals surface area contributed by atoms with Crippen LogP contribution < -0.4 is 5.32 Å². The summed E-state index contributed by atoms with van der Waals surface area (Å²) in [6.45, 7) is 12.1. The Balaban J connectivity index is 2.16. The molecule has 0 aliphatic heterocycles. The van der Waals surface area contributed by atoms with Crippen molar-refractivity contribution >= 4 is 6.09 Å². The number of aromatic nitrogens is 2. The number of carbonyl (C=O) groups excluding carboxylic acids is 1. The molecule has 0 fully saturated rings. The van der Waals surface area contributed by atoms with Crippen LogP contribution in [0.25, 0.3) is 11.1 Å². The lowest BCUT2D eigenvalue weighted by atomic mass is 10.00. The topological polar surface area (TPSA) is 82.6 Å². The normalized spacial score (nSPS) is 12.5. The lowest BCUT2D eigenvalue weighted by molar-refractivity contribution is -0.141. The SMILES string of the molecule is COCCC(C)(C)OCCCc1cc(-c2cnc(CNC(=O)OC(C)(C)C)cc2C)cc(C(F)(F)F)n1. The van der Waals surface area contributed by atoms with Crippen molar-refractivity contribution in [3.8, 4) is 11.1 Å². The number of aryl methyl sites for hydroxylation is 2. The summed E-state index contributed by atoms with van der Waals surface area (Å²) in [6.07, 6.45) is -2.07. The molecule has 2 rings (SSSR count). The number of ether oxygens (including phenoxy) is 3. The van der Waals surface area contributed by atoms with Gasteiger partial charge in [-0.1, -0.05) is 0 Å². The number of hydrogen-bond donors (Lipinski definition) is 1. The minimum Gasteiger partial charge on any atom is -0.444 e. The molecule has 0 atom stereocenters. The van der Waals surface area contributed by atoms with E-state index in [4.69, 9.17) is 14.2 Å². The molecule has 0 spiro atoms. The summed E-state index contributed by atoms with van der Waals surface area (Å²) in [4.78, 5) is 20.1. The highest BCUT2D eigenvalue weighted by molar-refractivity contribution is 5.68. The van der Waals surface area contributed by atoms with E-state index >= 15 is 0 Å². The van der Waals surface area contributed by atoms with Crippen molar-refractivity contribution in [1.29, 1.82) is 0 Å². The highest BCUT2D eigenvalue weighted by atomic mass is 19.4. The van der Waals surface area contributed by atoms with Crippen molar-refractivity contribution in [2.24, 2.45) is 0 Å². The smallest absolute Gasteiger partial charge is 0.433 e. The largest absolute Gasteiger partial charge is 0.444 e. The van der Waals surface area contributed by atoms with Gasteiger partial charge < -0.3 is 19.5 Å². The fourth-order valence-corrected chi connectivity index (χ4v) is 3.53. The first kappa shape index (κ1) is 30.5. The molecule has 1 amide bonds. The molecule has 206 valence electrons. The van der Waals surface area contributed by atoms with Gasteiger partial charge in [-0.3, -0.25) is 4.98 Å². The molecule has 37 heavy (non-hydrogen) atoms. The molecular formula is C27H38F3N3O4. The summed E-state index contributed by atoms with van der Waals surface area (Å²) in [5.74, 6) is 0. The number of halogens is 3. The fourth-order valence-electron chi connectivity index (χ4n) is 3.53. The van der Waals surface area contributed by atoms with Crippen molar-refractivity contribution in [2.75, 3.05) is 20.3 Å². The average Bonchev–Trinajstić information content (AvgIpc) is 2.77. The van der Waals surface area contributed by atoms with Crippen LogP contribution in [0.3, 0.4) is 0 Å². The second kappa shape index (κ2) is 12.7. The predicted octanol–water partition coefficient (Wildman–Crippen LogP) is 6.26. The van der Waals surface area contributed by atoms with E-state index in [9.17, 15) is 18.0 Å². The minimum absolute atomic E-state index is 0.131. The molecule has 2 aromatic heterocycles. The molecule has 0 saturated carbocycles. The quantitative estimate of drug-likeness (QED) is 0.349. The molecule has 1 N–H and O–H groups in total. The van der Waals surface area contributed by atoms with Crippen molar-refractivity contribution in [2.45, 2.75) is 84.7 Å². The lowest BCUT2D eigenvalue weighted by Crippen LogP contribution is -2.32. The van der Waals surface area contributed by atoms with Crippen molar-refractivity contribution < 1.29 is 32.2 Å². The van der Waals surface area contributed by atoms with Gasteiger partial charge in [-0.25, -0.2) is 9.78 Å². The summed E-state index contributed by atoms with van der Waals surface area (Å²) < 4.78 is 57.0. The van der Waals surface area contributed by atoms with Crippen LogP contribution in [0.15, 0.2) is 24.4 Å². The number of hydrogen-bond acceptors (Lipinski definition) is 6. The van der Waals surface area contributed by atoms with Gasteiger partial charge in [-0.15, -0.1) is 0 Å². The van der Waals surface area contributed by atoms with Crippen molar-refractivity contribution in [3.05, 3.63) is 47.0 Å². The first-order chi connectivity index (χ1) is 17.1. The van der Waals surface area contributed by atoms with Crippen LogP contribution in [0.5, 0.6) is 0 Å². The zero-order valence-electron chi connectivity index (χ0n) is 22.7. The third-order valence-electron chi connectivity index (χ3n) is 5.44. The minimum atomic E-state index is -4.58. The second-order valence-corrected chi connectivity index (χ2v) is 10.5. The molecule has 0 aliphatic carbocycles. The Bertz CT molecular complexity index is 1050. The van der Waals surface area contributed by atoms with Crippen LogP contribution in [0.2, 0.25) is 0 Å². The van der Waals surface area contributed by atoms with Crippen LogP contribution in [0.4, 0.5) is 18.0 Å². The van der Waals surface area contributed by atoms with E-state index in [0.29, 0.717) is 55.0 Å². The molecular weight excluding hydrogens is 487 g/mol. The van der Waals surface area contributed by atoms with Gasteiger partial charge in [-0.05, 0) is 90.1 Å². The van der Waals surface area contributed by atoms with Crippen LogP contribution in [-0.4, -0.2) is 47.6 Å². The van der Waals surface area contributed by atoms with Gasteiger partial charge in [0.25, 0.3) is 0 Å². The summed E-state index contributed by atoms with van der Waals surface area (Å²) >= 11 is 0. The summed E-state index contributed by atoms with van der Waals surface area (Å²) in [6, 6.07) is 4.43. The monoisotopic (exact) mass is 525 g/mol. The number of pyridine rings is 2. The average molecular weight is 526 g/mol. The maximum atomic E-state index is 13.6. The second-order valence-electron chi connectivity index (χ2n) is 10.5. The third kappa shape index (κ3) is 10.7. The Morgan fingerprint density at radius 3 is 2.32 bits per heavy atom. The molecule has 0 unspecified atom stereocenters. The number of nitrogens with zero attached hydrogens (tertiary/aromatic N) is 2. The molecule has 7 nitrogen and oxygen atoms in total. The lowest BCUT2D eigenvalue weighted by Gasteiger charge is -2.25. The van der Waals surface area contributed by atoms with E-state index in [0.717, 1.165) is 11.6 Å². The first-order valence-corrected chi connectivity index (χ1v) is 12.2. The summed E-state index contributed by atoms with van der Waals surface area (Å²) in [5.41, 5.74) is 0.608. The number of nitrogens with one attached hydrogen (secondary N) is 1. The Hall–Kier alpha value is -2.72. The van der Waals surface area contributed by atoms with Crippen molar-refractivity contribution in [1.82, 2.24) is 15.3 Å². The maximum absolute atomic E-state index is 13.6. The standard InChI is InChI=1S/C27H38F3N3O4/c1-18-13-21(16-32-24(34)37-25(2,3)4)31-17-22(18)19-14-20(33-23(15-19)27(28,29)30)9-8-11-36-26(5,6)10-12-35-7/h13-15,17H,8-12,16H2,1-7H3,(H,32,34). The van der Waals surface area contributed by atoms with E-state index in [1.54, 1.807) is 46.9 Å². The number of methoxy groups -OCH3 is 1. The van der Waals surface area contributed by atoms with E-state index in [2.05, 4.69) is 15.3 Å².